The lowest BCUT2D eigenvalue weighted by Crippen LogP contribution is -2.37. The van der Waals surface area contributed by atoms with Crippen LogP contribution in [0.5, 0.6) is 0 Å². The summed E-state index contributed by atoms with van der Waals surface area (Å²) in [7, 11) is 0. The molecule has 7 nitrogen and oxygen atoms in total. The summed E-state index contributed by atoms with van der Waals surface area (Å²) < 4.78 is 1.85. The van der Waals surface area contributed by atoms with Crippen LogP contribution in [0.1, 0.15) is 51.3 Å². The Bertz CT molecular complexity index is 980. The molecule has 0 bridgehead atoms. The normalized spacial score (nSPS) is 15.1. The minimum atomic E-state index is 0.170. The second-order valence-electron chi connectivity index (χ2n) is 7.71. The lowest BCUT2D eigenvalue weighted by Gasteiger charge is -2.24. The first-order valence-electron chi connectivity index (χ1n) is 10.5. The van der Waals surface area contributed by atoms with E-state index in [0.29, 0.717) is 13.1 Å². The monoisotopic (exact) mass is 392 g/mol. The van der Waals surface area contributed by atoms with E-state index in [4.69, 9.17) is 9.97 Å². The minimum absolute atomic E-state index is 0.170. The van der Waals surface area contributed by atoms with Crippen LogP contribution in [0.4, 0.5) is 5.82 Å². The number of hydrogen-bond acceptors (Lipinski definition) is 5. The van der Waals surface area contributed by atoms with Crippen molar-refractivity contribution in [1.29, 1.82) is 0 Å². The molecule has 1 atom stereocenters. The van der Waals surface area contributed by atoms with Crippen LogP contribution in [-0.4, -0.2) is 38.7 Å². The SMILES string of the molecule is CC[C@H](C)c1nc(NCCNC(=O)C2CCC2)c2cnn(-c3ccccc3)c2n1. The number of para-hydroxylation sites is 1. The summed E-state index contributed by atoms with van der Waals surface area (Å²) in [6.45, 7) is 5.45. The Kier molecular flexibility index (Phi) is 5.74. The molecule has 2 N–H and O–H groups in total. The van der Waals surface area contributed by atoms with Crippen molar-refractivity contribution < 1.29 is 4.79 Å². The van der Waals surface area contributed by atoms with Crippen LogP contribution in [0.15, 0.2) is 36.5 Å². The first-order chi connectivity index (χ1) is 14.2. The van der Waals surface area contributed by atoms with E-state index in [0.717, 1.165) is 47.6 Å². The van der Waals surface area contributed by atoms with E-state index in [9.17, 15) is 4.79 Å². The summed E-state index contributed by atoms with van der Waals surface area (Å²) in [5, 5.41) is 11.8. The van der Waals surface area contributed by atoms with Gasteiger partial charge in [-0.15, -0.1) is 0 Å². The zero-order chi connectivity index (χ0) is 20.2. The van der Waals surface area contributed by atoms with Gasteiger partial charge in [0, 0.05) is 24.9 Å². The van der Waals surface area contributed by atoms with Gasteiger partial charge in [-0.25, -0.2) is 14.6 Å². The number of anilines is 1. The third-order valence-corrected chi connectivity index (χ3v) is 5.69. The first kappa shape index (κ1) is 19.4. The fourth-order valence-electron chi connectivity index (χ4n) is 3.40. The van der Waals surface area contributed by atoms with Crippen LogP contribution in [0.2, 0.25) is 0 Å². The fraction of sp³-hybridized carbons (Fsp3) is 0.455. The molecule has 0 aliphatic heterocycles. The summed E-state index contributed by atoms with van der Waals surface area (Å²) in [4.78, 5) is 21.6. The van der Waals surface area contributed by atoms with Crippen LogP contribution < -0.4 is 10.6 Å². The van der Waals surface area contributed by atoms with E-state index in [1.54, 1.807) is 6.20 Å². The minimum Gasteiger partial charge on any atom is -0.368 e. The Morgan fingerprint density at radius 1 is 1.21 bits per heavy atom. The molecule has 1 fully saturated rings. The smallest absolute Gasteiger partial charge is 0.223 e. The van der Waals surface area contributed by atoms with Gasteiger partial charge in [-0.3, -0.25) is 4.79 Å². The van der Waals surface area contributed by atoms with Crippen molar-refractivity contribution in [3.05, 3.63) is 42.4 Å². The standard InChI is InChI=1S/C22H28N6O/c1-3-15(2)19-26-20(23-12-13-24-22(29)16-8-7-9-16)18-14-25-28(21(18)27-19)17-10-5-4-6-11-17/h4-6,10-11,14-16H,3,7-9,12-13H2,1-2H3,(H,24,29)(H,23,26,27)/t15-/m0/s1. The third kappa shape index (κ3) is 4.09. The molecule has 1 amide bonds. The number of nitrogens with zero attached hydrogens (tertiary/aromatic N) is 4. The lowest BCUT2D eigenvalue weighted by molar-refractivity contribution is -0.127. The second kappa shape index (κ2) is 8.59. The second-order valence-corrected chi connectivity index (χ2v) is 7.71. The number of nitrogens with one attached hydrogen (secondary N) is 2. The van der Waals surface area contributed by atoms with Crippen LogP contribution >= 0.6 is 0 Å². The van der Waals surface area contributed by atoms with Crippen molar-refractivity contribution in [2.45, 2.75) is 45.4 Å². The van der Waals surface area contributed by atoms with Gasteiger partial charge < -0.3 is 10.6 Å². The van der Waals surface area contributed by atoms with E-state index in [1.165, 1.54) is 6.42 Å². The topological polar surface area (TPSA) is 84.7 Å². The molecule has 1 aliphatic rings. The van der Waals surface area contributed by atoms with Gasteiger partial charge in [0.05, 0.1) is 17.3 Å². The quantitative estimate of drug-likeness (QED) is 0.572. The van der Waals surface area contributed by atoms with Crippen LogP contribution in [0.25, 0.3) is 16.7 Å². The molecule has 2 heterocycles. The van der Waals surface area contributed by atoms with Crippen molar-refractivity contribution in [3.63, 3.8) is 0 Å². The highest BCUT2D eigenvalue weighted by atomic mass is 16.1. The number of fused-ring (bicyclic) bond motifs is 1. The molecule has 4 rings (SSSR count). The van der Waals surface area contributed by atoms with Crippen LogP contribution in [-0.2, 0) is 4.79 Å². The third-order valence-electron chi connectivity index (χ3n) is 5.69. The molecule has 7 heteroatoms. The number of rotatable bonds is 8. The largest absolute Gasteiger partial charge is 0.368 e. The average Bonchev–Trinajstić information content (AvgIpc) is 3.14. The molecule has 0 unspecified atom stereocenters. The number of carbonyl (C=O) groups is 1. The van der Waals surface area contributed by atoms with Gasteiger partial charge in [-0.2, -0.15) is 5.10 Å². The van der Waals surface area contributed by atoms with E-state index in [2.05, 4.69) is 29.6 Å². The van der Waals surface area contributed by atoms with Gasteiger partial charge in [0.2, 0.25) is 5.91 Å². The highest BCUT2D eigenvalue weighted by Crippen LogP contribution is 2.27. The molecule has 152 valence electrons. The summed E-state index contributed by atoms with van der Waals surface area (Å²) >= 11 is 0. The van der Waals surface area contributed by atoms with Crippen molar-refractivity contribution in [1.82, 2.24) is 25.1 Å². The van der Waals surface area contributed by atoms with Gasteiger partial charge in [0.25, 0.3) is 0 Å². The van der Waals surface area contributed by atoms with E-state index in [-0.39, 0.29) is 17.7 Å². The van der Waals surface area contributed by atoms with Gasteiger partial charge >= 0.3 is 0 Å². The average molecular weight is 393 g/mol. The predicted molar refractivity (Wildman–Crippen MR) is 114 cm³/mol. The summed E-state index contributed by atoms with van der Waals surface area (Å²) in [6, 6.07) is 9.99. The van der Waals surface area contributed by atoms with Crippen molar-refractivity contribution >= 4 is 22.8 Å². The van der Waals surface area contributed by atoms with E-state index < -0.39 is 0 Å². The molecular formula is C22H28N6O. The van der Waals surface area contributed by atoms with E-state index >= 15 is 0 Å². The predicted octanol–water partition coefficient (Wildman–Crippen LogP) is 3.66. The van der Waals surface area contributed by atoms with Gasteiger partial charge in [0.15, 0.2) is 5.65 Å². The van der Waals surface area contributed by atoms with Crippen LogP contribution in [0, 0.1) is 5.92 Å². The Morgan fingerprint density at radius 2 is 2.00 bits per heavy atom. The number of amides is 1. The Labute approximate surface area is 170 Å². The molecule has 29 heavy (non-hydrogen) atoms. The van der Waals surface area contributed by atoms with Crippen LogP contribution in [0.3, 0.4) is 0 Å². The maximum Gasteiger partial charge on any atom is 0.223 e. The summed E-state index contributed by atoms with van der Waals surface area (Å²) in [5.41, 5.74) is 1.76. The summed E-state index contributed by atoms with van der Waals surface area (Å²) in [5.74, 6) is 2.20. The molecule has 3 aromatic rings. The maximum atomic E-state index is 12.0. The Balaban J connectivity index is 1.56. The molecule has 1 saturated carbocycles. The van der Waals surface area contributed by atoms with Gasteiger partial charge in [-0.05, 0) is 31.4 Å². The number of aromatic nitrogens is 4. The molecule has 2 aromatic heterocycles. The fourth-order valence-corrected chi connectivity index (χ4v) is 3.40. The zero-order valence-corrected chi connectivity index (χ0v) is 17.1. The molecule has 1 aromatic carbocycles. The maximum absolute atomic E-state index is 12.0. The lowest BCUT2D eigenvalue weighted by atomic mass is 9.85. The summed E-state index contributed by atoms with van der Waals surface area (Å²) in [6.07, 6.45) is 5.96. The molecular weight excluding hydrogens is 364 g/mol. The number of carbonyl (C=O) groups excluding carboxylic acids is 1. The van der Waals surface area contributed by atoms with E-state index in [1.807, 2.05) is 35.0 Å². The number of benzene rings is 1. The Morgan fingerprint density at radius 3 is 2.69 bits per heavy atom. The van der Waals surface area contributed by atoms with Gasteiger partial charge in [-0.1, -0.05) is 38.5 Å². The molecule has 0 spiro atoms. The zero-order valence-electron chi connectivity index (χ0n) is 17.1. The highest BCUT2D eigenvalue weighted by Gasteiger charge is 2.24. The molecule has 0 radical (unpaired) electrons. The first-order valence-corrected chi connectivity index (χ1v) is 10.5. The molecule has 1 aliphatic carbocycles. The van der Waals surface area contributed by atoms with Crippen molar-refractivity contribution in [3.8, 4) is 5.69 Å². The number of hydrogen-bond donors (Lipinski definition) is 2. The van der Waals surface area contributed by atoms with Crippen molar-refractivity contribution in [2.24, 2.45) is 5.92 Å². The highest BCUT2D eigenvalue weighted by molar-refractivity contribution is 5.87. The van der Waals surface area contributed by atoms with Gasteiger partial charge in [0.1, 0.15) is 11.6 Å². The Hall–Kier alpha value is -2.96. The van der Waals surface area contributed by atoms with Crippen molar-refractivity contribution in [2.75, 3.05) is 18.4 Å². The molecule has 0 saturated heterocycles.